The zero-order valence-electron chi connectivity index (χ0n) is 6.49. The third-order valence-electron chi connectivity index (χ3n) is 2.11. The highest BCUT2D eigenvalue weighted by atomic mass is 16.5. The van der Waals surface area contributed by atoms with Crippen LogP contribution in [0.25, 0.3) is 0 Å². The maximum Gasteiger partial charge on any atom is 0.137 e. The SMILES string of the molecule is c1cc(CCN2CCC2)on1. The Morgan fingerprint density at radius 2 is 2.45 bits per heavy atom. The molecule has 1 aromatic heterocycles. The maximum atomic E-state index is 4.98. The van der Waals surface area contributed by atoms with Crippen LogP contribution in [0.4, 0.5) is 0 Å². The summed E-state index contributed by atoms with van der Waals surface area (Å²) in [7, 11) is 0. The minimum Gasteiger partial charge on any atom is -0.361 e. The largest absolute Gasteiger partial charge is 0.361 e. The molecule has 60 valence electrons. The first-order valence-electron chi connectivity index (χ1n) is 4.07. The summed E-state index contributed by atoms with van der Waals surface area (Å²) in [4.78, 5) is 2.42. The molecule has 0 aromatic carbocycles. The fourth-order valence-electron chi connectivity index (χ4n) is 1.24. The molecule has 1 aromatic rings. The zero-order chi connectivity index (χ0) is 7.52. The van der Waals surface area contributed by atoms with Crippen molar-refractivity contribution in [1.82, 2.24) is 10.1 Å². The number of aromatic nitrogens is 1. The van der Waals surface area contributed by atoms with Crippen molar-refractivity contribution < 1.29 is 4.52 Å². The Hall–Kier alpha value is -0.830. The van der Waals surface area contributed by atoms with Gasteiger partial charge < -0.3 is 9.42 Å². The summed E-state index contributed by atoms with van der Waals surface area (Å²) in [6.45, 7) is 3.64. The van der Waals surface area contributed by atoms with Crippen molar-refractivity contribution in [3.8, 4) is 0 Å². The number of rotatable bonds is 3. The molecule has 1 aliphatic rings. The summed E-state index contributed by atoms with van der Waals surface area (Å²) in [6, 6.07) is 1.93. The van der Waals surface area contributed by atoms with Gasteiger partial charge in [-0.25, -0.2) is 0 Å². The molecule has 0 spiro atoms. The van der Waals surface area contributed by atoms with E-state index in [1.165, 1.54) is 19.5 Å². The van der Waals surface area contributed by atoms with Gasteiger partial charge in [0.15, 0.2) is 0 Å². The molecular weight excluding hydrogens is 140 g/mol. The van der Waals surface area contributed by atoms with Crippen LogP contribution in [0.15, 0.2) is 16.8 Å². The molecule has 3 heteroatoms. The van der Waals surface area contributed by atoms with Crippen molar-refractivity contribution in [1.29, 1.82) is 0 Å². The van der Waals surface area contributed by atoms with Gasteiger partial charge in [-0.3, -0.25) is 0 Å². The quantitative estimate of drug-likeness (QED) is 0.645. The molecule has 3 nitrogen and oxygen atoms in total. The van der Waals surface area contributed by atoms with Crippen LogP contribution in [-0.4, -0.2) is 29.7 Å². The Kier molecular flexibility index (Phi) is 1.90. The second kappa shape index (κ2) is 3.05. The van der Waals surface area contributed by atoms with Crippen molar-refractivity contribution in [2.45, 2.75) is 12.8 Å². The summed E-state index contributed by atoms with van der Waals surface area (Å²) in [5.74, 6) is 0.997. The van der Waals surface area contributed by atoms with Crippen LogP contribution < -0.4 is 0 Å². The lowest BCUT2D eigenvalue weighted by molar-refractivity contribution is 0.179. The van der Waals surface area contributed by atoms with Crippen molar-refractivity contribution in [2.75, 3.05) is 19.6 Å². The van der Waals surface area contributed by atoms with Crippen LogP contribution in [-0.2, 0) is 6.42 Å². The third kappa shape index (κ3) is 1.60. The van der Waals surface area contributed by atoms with Crippen molar-refractivity contribution in [2.24, 2.45) is 0 Å². The lowest BCUT2D eigenvalue weighted by Gasteiger charge is -2.30. The van der Waals surface area contributed by atoms with Gasteiger partial charge in [0.2, 0.25) is 0 Å². The topological polar surface area (TPSA) is 29.3 Å². The Balaban J connectivity index is 1.74. The van der Waals surface area contributed by atoms with Crippen LogP contribution in [0.1, 0.15) is 12.2 Å². The summed E-state index contributed by atoms with van der Waals surface area (Å²) in [5.41, 5.74) is 0. The fraction of sp³-hybridized carbons (Fsp3) is 0.625. The van der Waals surface area contributed by atoms with E-state index in [0.717, 1.165) is 18.7 Å². The van der Waals surface area contributed by atoms with E-state index in [1.54, 1.807) is 6.20 Å². The van der Waals surface area contributed by atoms with E-state index in [4.69, 9.17) is 4.52 Å². The van der Waals surface area contributed by atoms with Crippen LogP contribution in [0.5, 0.6) is 0 Å². The van der Waals surface area contributed by atoms with Crippen molar-refractivity contribution >= 4 is 0 Å². The van der Waals surface area contributed by atoms with E-state index in [1.807, 2.05) is 6.07 Å². The molecule has 2 heterocycles. The average molecular weight is 152 g/mol. The Bertz CT molecular complexity index is 204. The van der Waals surface area contributed by atoms with E-state index in [0.29, 0.717) is 0 Å². The monoisotopic (exact) mass is 152 g/mol. The fourth-order valence-corrected chi connectivity index (χ4v) is 1.24. The number of likely N-dealkylation sites (tertiary alicyclic amines) is 1. The molecule has 0 atom stereocenters. The lowest BCUT2D eigenvalue weighted by Crippen LogP contribution is -2.38. The number of hydrogen-bond donors (Lipinski definition) is 0. The van der Waals surface area contributed by atoms with Gasteiger partial charge in [0.05, 0.1) is 6.20 Å². The van der Waals surface area contributed by atoms with Gasteiger partial charge in [0, 0.05) is 19.0 Å². The zero-order valence-corrected chi connectivity index (χ0v) is 6.49. The molecule has 1 saturated heterocycles. The Morgan fingerprint density at radius 1 is 1.55 bits per heavy atom. The van der Waals surface area contributed by atoms with Gasteiger partial charge >= 0.3 is 0 Å². The summed E-state index contributed by atoms with van der Waals surface area (Å²) in [6.07, 6.45) is 4.06. The molecule has 0 amide bonds. The minimum absolute atomic E-state index is 0.997. The van der Waals surface area contributed by atoms with E-state index in [2.05, 4.69) is 10.1 Å². The lowest BCUT2D eigenvalue weighted by atomic mass is 10.2. The van der Waals surface area contributed by atoms with Crippen LogP contribution in [0, 0.1) is 0 Å². The predicted octanol–water partition coefficient (Wildman–Crippen LogP) is 0.923. The number of hydrogen-bond acceptors (Lipinski definition) is 3. The highest BCUT2D eigenvalue weighted by molar-refractivity contribution is 4.93. The minimum atomic E-state index is 0.997. The normalized spacial score (nSPS) is 18.2. The summed E-state index contributed by atoms with van der Waals surface area (Å²) in [5, 5.41) is 3.65. The van der Waals surface area contributed by atoms with Gasteiger partial charge in [-0.1, -0.05) is 5.16 Å². The van der Waals surface area contributed by atoms with Gasteiger partial charge in [-0.05, 0) is 19.5 Å². The first kappa shape index (κ1) is 6.85. The molecule has 2 rings (SSSR count). The average Bonchev–Trinajstić information content (AvgIpc) is 2.36. The summed E-state index contributed by atoms with van der Waals surface area (Å²) >= 11 is 0. The van der Waals surface area contributed by atoms with Crippen LogP contribution >= 0.6 is 0 Å². The Labute approximate surface area is 66.0 Å². The first-order valence-corrected chi connectivity index (χ1v) is 4.07. The van der Waals surface area contributed by atoms with E-state index in [-0.39, 0.29) is 0 Å². The number of nitrogens with zero attached hydrogens (tertiary/aromatic N) is 2. The molecule has 0 radical (unpaired) electrons. The first-order chi connectivity index (χ1) is 5.45. The van der Waals surface area contributed by atoms with Crippen molar-refractivity contribution in [3.05, 3.63) is 18.0 Å². The second-order valence-corrected chi connectivity index (χ2v) is 2.92. The van der Waals surface area contributed by atoms with Crippen LogP contribution in [0.2, 0.25) is 0 Å². The smallest absolute Gasteiger partial charge is 0.137 e. The molecule has 0 saturated carbocycles. The molecule has 1 aliphatic heterocycles. The summed E-state index contributed by atoms with van der Waals surface area (Å²) < 4.78 is 4.98. The van der Waals surface area contributed by atoms with Gasteiger partial charge in [0.1, 0.15) is 5.76 Å². The molecule has 0 aliphatic carbocycles. The highest BCUT2D eigenvalue weighted by Crippen LogP contribution is 2.07. The Morgan fingerprint density at radius 3 is 3.00 bits per heavy atom. The highest BCUT2D eigenvalue weighted by Gasteiger charge is 2.13. The van der Waals surface area contributed by atoms with Crippen LogP contribution in [0.3, 0.4) is 0 Å². The molecule has 0 unspecified atom stereocenters. The van der Waals surface area contributed by atoms with Crippen molar-refractivity contribution in [3.63, 3.8) is 0 Å². The van der Waals surface area contributed by atoms with Gasteiger partial charge in [-0.15, -0.1) is 0 Å². The van der Waals surface area contributed by atoms with E-state index < -0.39 is 0 Å². The second-order valence-electron chi connectivity index (χ2n) is 2.92. The van der Waals surface area contributed by atoms with E-state index >= 15 is 0 Å². The molecular formula is C8H12N2O. The molecule has 1 fully saturated rings. The van der Waals surface area contributed by atoms with E-state index in [9.17, 15) is 0 Å². The molecule has 0 bridgehead atoms. The molecule has 11 heavy (non-hydrogen) atoms. The van der Waals surface area contributed by atoms with Gasteiger partial charge in [-0.2, -0.15) is 0 Å². The predicted molar refractivity (Wildman–Crippen MR) is 41.3 cm³/mol. The standard InChI is InChI=1S/C8H12N2O/c1-5-10(6-1)7-3-8-2-4-9-11-8/h2,4H,1,3,5-7H2. The molecule has 0 N–H and O–H groups in total. The van der Waals surface area contributed by atoms with Gasteiger partial charge in [0.25, 0.3) is 0 Å². The third-order valence-corrected chi connectivity index (χ3v) is 2.11. The maximum absolute atomic E-state index is 4.98.